The van der Waals surface area contributed by atoms with E-state index >= 15 is 0 Å². The zero-order chi connectivity index (χ0) is 16.6. The molecule has 3 rings (SSSR count). The number of aryl methyl sites for hydroxylation is 1. The molecule has 3 nitrogen and oxygen atoms in total. The largest absolute Gasteiger partial charge is 0.379 e. The van der Waals surface area contributed by atoms with Crippen LogP contribution >= 0.6 is 15.9 Å². The summed E-state index contributed by atoms with van der Waals surface area (Å²) in [5.41, 5.74) is 0.960. The standard InChI is InChI=1S/C17H12BrFO3S/c1-11-2-6-14(7-3-11)23(20,21)22-13-5-8-15-12(10-13)4-9-16(19)17(15)18/h2-10H,1H3. The van der Waals surface area contributed by atoms with E-state index in [-0.39, 0.29) is 16.5 Å². The molecular weight excluding hydrogens is 383 g/mol. The summed E-state index contributed by atoms with van der Waals surface area (Å²) in [5, 5.41) is 1.32. The number of halogens is 2. The molecule has 0 radical (unpaired) electrons. The molecule has 0 spiro atoms. The fourth-order valence-electron chi connectivity index (χ4n) is 2.17. The van der Waals surface area contributed by atoms with E-state index in [9.17, 15) is 12.8 Å². The van der Waals surface area contributed by atoms with Gasteiger partial charge in [-0.1, -0.05) is 23.8 Å². The Morgan fingerprint density at radius 2 is 1.70 bits per heavy atom. The van der Waals surface area contributed by atoms with Gasteiger partial charge in [0.2, 0.25) is 0 Å². The van der Waals surface area contributed by atoms with Crippen LogP contribution in [-0.4, -0.2) is 8.42 Å². The van der Waals surface area contributed by atoms with Gasteiger partial charge in [-0.15, -0.1) is 0 Å². The van der Waals surface area contributed by atoms with Crippen molar-refractivity contribution in [1.29, 1.82) is 0 Å². The molecule has 3 aromatic carbocycles. The molecule has 0 aliphatic rings. The minimum Gasteiger partial charge on any atom is -0.379 e. The molecule has 6 heteroatoms. The number of benzene rings is 3. The lowest BCUT2D eigenvalue weighted by atomic mass is 10.1. The van der Waals surface area contributed by atoms with Gasteiger partial charge in [0, 0.05) is 0 Å². The fourth-order valence-corrected chi connectivity index (χ4v) is 3.59. The first-order valence-electron chi connectivity index (χ1n) is 6.76. The number of hydrogen-bond donors (Lipinski definition) is 0. The smallest absolute Gasteiger partial charge is 0.339 e. The van der Waals surface area contributed by atoms with Gasteiger partial charge >= 0.3 is 10.1 Å². The highest BCUT2D eigenvalue weighted by Gasteiger charge is 2.17. The lowest BCUT2D eigenvalue weighted by Crippen LogP contribution is -2.09. The normalized spacial score (nSPS) is 11.6. The van der Waals surface area contributed by atoms with Crippen molar-refractivity contribution in [3.63, 3.8) is 0 Å². The maximum absolute atomic E-state index is 13.5. The Morgan fingerprint density at radius 3 is 2.39 bits per heavy atom. The minimum atomic E-state index is -3.90. The number of hydrogen-bond acceptors (Lipinski definition) is 3. The highest BCUT2D eigenvalue weighted by molar-refractivity contribution is 9.10. The van der Waals surface area contributed by atoms with Crippen molar-refractivity contribution in [2.75, 3.05) is 0 Å². The van der Waals surface area contributed by atoms with Crippen LogP contribution in [0.25, 0.3) is 10.8 Å². The molecule has 0 fully saturated rings. The van der Waals surface area contributed by atoms with Gasteiger partial charge in [0.25, 0.3) is 0 Å². The summed E-state index contributed by atoms with van der Waals surface area (Å²) in [6.07, 6.45) is 0. The average Bonchev–Trinajstić information content (AvgIpc) is 2.51. The summed E-state index contributed by atoms with van der Waals surface area (Å²) in [7, 11) is -3.90. The molecule has 0 bridgehead atoms. The Hall–Kier alpha value is -1.92. The van der Waals surface area contributed by atoms with Crippen LogP contribution in [-0.2, 0) is 10.1 Å². The SMILES string of the molecule is Cc1ccc(S(=O)(=O)Oc2ccc3c(Br)c(F)ccc3c2)cc1. The number of fused-ring (bicyclic) bond motifs is 1. The van der Waals surface area contributed by atoms with Crippen LogP contribution in [0.2, 0.25) is 0 Å². The molecule has 0 heterocycles. The second-order valence-corrected chi connectivity index (χ2v) is 7.43. The molecule has 0 aliphatic carbocycles. The van der Waals surface area contributed by atoms with Gasteiger partial charge in [-0.2, -0.15) is 8.42 Å². The molecule has 23 heavy (non-hydrogen) atoms. The van der Waals surface area contributed by atoms with Crippen LogP contribution in [0.15, 0.2) is 64.0 Å². The maximum Gasteiger partial charge on any atom is 0.339 e. The Labute approximate surface area is 142 Å². The maximum atomic E-state index is 13.5. The zero-order valence-corrected chi connectivity index (χ0v) is 14.5. The van der Waals surface area contributed by atoms with E-state index in [1.54, 1.807) is 30.3 Å². The summed E-state index contributed by atoms with van der Waals surface area (Å²) in [4.78, 5) is 0.0866. The van der Waals surface area contributed by atoms with Crippen LogP contribution in [0, 0.1) is 12.7 Å². The van der Waals surface area contributed by atoms with E-state index < -0.39 is 10.1 Å². The van der Waals surface area contributed by atoms with Gasteiger partial charge < -0.3 is 4.18 Å². The van der Waals surface area contributed by atoms with Crippen LogP contribution in [0.3, 0.4) is 0 Å². The third kappa shape index (κ3) is 3.23. The van der Waals surface area contributed by atoms with Crippen LogP contribution in [0.5, 0.6) is 5.75 Å². The van der Waals surface area contributed by atoms with E-state index in [2.05, 4.69) is 15.9 Å². The molecule has 118 valence electrons. The Balaban J connectivity index is 1.98. The summed E-state index contributed by atoms with van der Waals surface area (Å²) in [5.74, 6) is -0.199. The Kier molecular flexibility index (Phi) is 4.12. The highest BCUT2D eigenvalue weighted by Crippen LogP contribution is 2.30. The molecule has 0 saturated heterocycles. The van der Waals surface area contributed by atoms with Gasteiger partial charge in [0.15, 0.2) is 0 Å². The highest BCUT2D eigenvalue weighted by atomic mass is 79.9. The van der Waals surface area contributed by atoms with Crippen molar-refractivity contribution in [2.45, 2.75) is 11.8 Å². The van der Waals surface area contributed by atoms with E-state index in [1.165, 1.54) is 24.3 Å². The van der Waals surface area contributed by atoms with Crippen LogP contribution in [0.4, 0.5) is 4.39 Å². The monoisotopic (exact) mass is 394 g/mol. The van der Waals surface area contributed by atoms with Gasteiger partial charge in [-0.25, -0.2) is 4.39 Å². The van der Waals surface area contributed by atoms with E-state index in [0.717, 1.165) is 5.56 Å². The average molecular weight is 395 g/mol. The first kappa shape index (κ1) is 16.0. The lowest BCUT2D eigenvalue weighted by molar-refractivity contribution is 0.486. The predicted molar refractivity (Wildman–Crippen MR) is 90.6 cm³/mol. The van der Waals surface area contributed by atoms with Gasteiger partial charge in [0.1, 0.15) is 16.5 Å². The summed E-state index contributed by atoms with van der Waals surface area (Å²) in [6.45, 7) is 1.87. The summed E-state index contributed by atoms with van der Waals surface area (Å²) < 4.78 is 43.6. The van der Waals surface area contributed by atoms with E-state index in [1.807, 2.05) is 6.92 Å². The van der Waals surface area contributed by atoms with Crippen molar-refractivity contribution < 1.29 is 17.0 Å². The molecule has 0 saturated carbocycles. The van der Waals surface area contributed by atoms with E-state index in [0.29, 0.717) is 15.2 Å². The van der Waals surface area contributed by atoms with Crippen molar-refractivity contribution in [1.82, 2.24) is 0 Å². The minimum absolute atomic E-state index is 0.0866. The lowest BCUT2D eigenvalue weighted by Gasteiger charge is -2.09. The van der Waals surface area contributed by atoms with Gasteiger partial charge in [-0.3, -0.25) is 0 Å². The van der Waals surface area contributed by atoms with Crippen LogP contribution < -0.4 is 4.18 Å². The van der Waals surface area contributed by atoms with E-state index in [4.69, 9.17) is 4.18 Å². The molecule has 0 aromatic heterocycles. The third-order valence-corrected chi connectivity index (χ3v) is 5.46. The first-order chi connectivity index (χ1) is 10.9. The predicted octanol–water partition coefficient (Wildman–Crippen LogP) is 4.82. The molecule has 0 N–H and O–H groups in total. The molecule has 3 aromatic rings. The van der Waals surface area contributed by atoms with Crippen molar-refractivity contribution in [2.24, 2.45) is 0 Å². The first-order valence-corrected chi connectivity index (χ1v) is 8.96. The Bertz CT molecular complexity index is 983. The third-order valence-electron chi connectivity index (χ3n) is 3.39. The molecule has 0 atom stereocenters. The van der Waals surface area contributed by atoms with Gasteiger partial charge in [-0.05, 0) is 70.0 Å². The van der Waals surface area contributed by atoms with Crippen LogP contribution in [0.1, 0.15) is 5.56 Å². The molecule has 0 aliphatic heterocycles. The quantitative estimate of drug-likeness (QED) is 0.598. The second-order valence-electron chi connectivity index (χ2n) is 5.09. The van der Waals surface area contributed by atoms with Crippen molar-refractivity contribution in [3.05, 3.63) is 70.5 Å². The zero-order valence-electron chi connectivity index (χ0n) is 12.1. The second kappa shape index (κ2) is 5.94. The summed E-state index contributed by atoms with van der Waals surface area (Å²) >= 11 is 3.18. The van der Waals surface area contributed by atoms with Gasteiger partial charge in [0.05, 0.1) is 4.47 Å². The Morgan fingerprint density at radius 1 is 1.00 bits per heavy atom. The number of rotatable bonds is 3. The van der Waals surface area contributed by atoms with Crippen molar-refractivity contribution >= 4 is 36.8 Å². The topological polar surface area (TPSA) is 43.4 Å². The van der Waals surface area contributed by atoms with Crippen molar-refractivity contribution in [3.8, 4) is 5.75 Å². The summed E-state index contributed by atoms with van der Waals surface area (Å²) in [6, 6.07) is 14.0. The molecule has 0 amide bonds. The fraction of sp³-hybridized carbons (Fsp3) is 0.0588. The molecule has 0 unspecified atom stereocenters. The molecular formula is C17H12BrFO3S.